The van der Waals surface area contributed by atoms with Crippen molar-refractivity contribution >= 4 is 6.02 Å². The number of hydrogen-bond acceptors (Lipinski definition) is 7. The first-order chi connectivity index (χ1) is 15.4. The Morgan fingerprint density at radius 2 is 2.00 bits per heavy atom. The summed E-state index contributed by atoms with van der Waals surface area (Å²) in [5.41, 5.74) is 8.88. The highest BCUT2D eigenvalue weighted by molar-refractivity contribution is 5.77. The largest absolute Gasteiger partial charge is 0.462 e. The van der Waals surface area contributed by atoms with Crippen LogP contribution in [0.3, 0.4) is 0 Å². The van der Waals surface area contributed by atoms with Gasteiger partial charge < -0.3 is 19.9 Å². The summed E-state index contributed by atoms with van der Waals surface area (Å²) in [6, 6.07) is 11.9. The number of amidine groups is 1. The number of aliphatic imine (C=N–C) groups is 1. The molecule has 0 aliphatic carbocycles. The summed E-state index contributed by atoms with van der Waals surface area (Å²) in [7, 11) is 1.63. The van der Waals surface area contributed by atoms with Gasteiger partial charge in [0.1, 0.15) is 18.0 Å². The monoisotopic (exact) mass is 426 g/mol. The Bertz CT molecular complexity index is 1290. The molecule has 1 spiro atoms. The molecule has 2 aromatic heterocycles. The third-order valence-corrected chi connectivity index (χ3v) is 5.67. The van der Waals surface area contributed by atoms with E-state index in [1.165, 1.54) is 0 Å². The molecule has 7 heteroatoms. The van der Waals surface area contributed by atoms with Gasteiger partial charge in [-0.3, -0.25) is 4.98 Å². The quantitative estimate of drug-likeness (QED) is 0.630. The minimum absolute atomic E-state index is 0.132. The third-order valence-electron chi connectivity index (χ3n) is 5.67. The van der Waals surface area contributed by atoms with Crippen molar-refractivity contribution < 1.29 is 14.2 Å². The maximum absolute atomic E-state index is 6.15. The van der Waals surface area contributed by atoms with E-state index in [1.54, 1.807) is 19.5 Å². The van der Waals surface area contributed by atoms with E-state index in [0.29, 0.717) is 11.6 Å². The molecule has 0 saturated heterocycles. The van der Waals surface area contributed by atoms with Crippen LogP contribution in [0.15, 0.2) is 60.0 Å². The van der Waals surface area contributed by atoms with Crippen molar-refractivity contribution in [3.63, 3.8) is 0 Å². The number of methoxy groups -OCH3 is 1. The number of benzene rings is 1. The number of nitrogens with two attached hydrogens (primary N) is 1. The second-order valence-electron chi connectivity index (χ2n) is 8.19. The second kappa shape index (κ2) is 7.36. The van der Waals surface area contributed by atoms with E-state index in [-0.39, 0.29) is 12.6 Å². The summed E-state index contributed by atoms with van der Waals surface area (Å²) in [6.45, 7) is 4.06. The lowest BCUT2D eigenvalue weighted by Gasteiger charge is -2.33. The van der Waals surface area contributed by atoms with E-state index in [9.17, 15) is 0 Å². The van der Waals surface area contributed by atoms with Crippen LogP contribution >= 0.6 is 0 Å². The van der Waals surface area contributed by atoms with E-state index in [1.807, 2.05) is 56.4 Å². The van der Waals surface area contributed by atoms with Gasteiger partial charge in [0.2, 0.25) is 5.88 Å². The van der Waals surface area contributed by atoms with Gasteiger partial charge in [-0.25, -0.2) is 9.98 Å². The number of pyridine rings is 2. The van der Waals surface area contributed by atoms with Crippen LogP contribution in [0, 0.1) is 11.8 Å². The van der Waals surface area contributed by atoms with E-state index in [0.717, 1.165) is 27.8 Å². The molecule has 2 aliphatic heterocycles. The fraction of sp³-hybridized carbons (Fsp3) is 0.240. The molecule has 0 bridgehead atoms. The predicted molar refractivity (Wildman–Crippen MR) is 120 cm³/mol. The molecular formula is C25H22N4O3. The summed E-state index contributed by atoms with van der Waals surface area (Å²) in [5, 5.41) is 0. The zero-order valence-electron chi connectivity index (χ0n) is 18.0. The lowest BCUT2D eigenvalue weighted by Crippen LogP contribution is -2.31. The number of fused-ring (bicyclic) bond motifs is 4. The maximum atomic E-state index is 6.15. The summed E-state index contributed by atoms with van der Waals surface area (Å²) < 4.78 is 17.2. The number of rotatable bonds is 2. The van der Waals surface area contributed by atoms with Gasteiger partial charge in [-0.2, -0.15) is 0 Å². The zero-order chi connectivity index (χ0) is 22.3. The van der Waals surface area contributed by atoms with Crippen LogP contribution in [0.25, 0.3) is 11.1 Å². The Morgan fingerprint density at radius 3 is 2.72 bits per heavy atom. The minimum Gasteiger partial charge on any atom is -0.462 e. The molecule has 5 rings (SSSR count). The lowest BCUT2D eigenvalue weighted by atomic mass is 9.81. The highest BCUT2D eigenvalue weighted by Gasteiger charge is 2.47. The average Bonchev–Trinajstić information content (AvgIpc) is 3.21. The van der Waals surface area contributed by atoms with Gasteiger partial charge in [-0.1, -0.05) is 24.0 Å². The van der Waals surface area contributed by atoms with Crippen LogP contribution in [-0.4, -0.2) is 35.3 Å². The number of hydrogen-bond donors (Lipinski definition) is 1. The van der Waals surface area contributed by atoms with Crippen molar-refractivity contribution in [3.8, 4) is 34.6 Å². The number of aromatic nitrogens is 2. The Kier molecular flexibility index (Phi) is 4.61. The Hall–Kier alpha value is -3.89. The predicted octanol–water partition coefficient (Wildman–Crippen LogP) is 3.61. The molecule has 1 aromatic carbocycles. The molecule has 160 valence electrons. The number of ether oxygens (including phenoxy) is 3. The second-order valence-corrected chi connectivity index (χ2v) is 8.19. The summed E-state index contributed by atoms with van der Waals surface area (Å²) in [6.07, 6.45) is 5.25. The highest BCUT2D eigenvalue weighted by Crippen LogP contribution is 2.51. The van der Waals surface area contributed by atoms with Crippen molar-refractivity contribution in [2.45, 2.75) is 25.0 Å². The normalized spacial score (nSPS) is 18.5. The Labute approximate surface area is 186 Å². The van der Waals surface area contributed by atoms with Crippen molar-refractivity contribution in [2.75, 3.05) is 13.7 Å². The van der Waals surface area contributed by atoms with Gasteiger partial charge in [0.05, 0.1) is 5.56 Å². The molecule has 0 saturated carbocycles. The lowest BCUT2D eigenvalue weighted by molar-refractivity contribution is 0.0742. The molecule has 1 atom stereocenters. The molecule has 2 N–H and O–H groups in total. The molecule has 0 fully saturated rings. The van der Waals surface area contributed by atoms with Crippen molar-refractivity contribution in [3.05, 3.63) is 71.7 Å². The van der Waals surface area contributed by atoms with Crippen molar-refractivity contribution in [1.82, 2.24) is 9.97 Å². The van der Waals surface area contributed by atoms with Gasteiger partial charge in [-0.15, -0.1) is 0 Å². The smallest absolute Gasteiger partial charge is 0.283 e. The fourth-order valence-electron chi connectivity index (χ4n) is 3.78. The van der Waals surface area contributed by atoms with Gasteiger partial charge in [0.15, 0.2) is 5.54 Å². The summed E-state index contributed by atoms with van der Waals surface area (Å²) in [4.78, 5) is 13.5. The van der Waals surface area contributed by atoms with Crippen LogP contribution in [0.5, 0.6) is 11.6 Å². The molecule has 7 nitrogen and oxygen atoms in total. The van der Waals surface area contributed by atoms with Gasteiger partial charge in [-0.05, 0) is 43.7 Å². The Balaban J connectivity index is 1.66. The summed E-state index contributed by atoms with van der Waals surface area (Å²) in [5.74, 6) is 7.39. The Morgan fingerprint density at radius 1 is 1.12 bits per heavy atom. The standard InChI is InChI=1S/C25H22N4O3/c1-24(2,30-3)9-8-16-11-20-22(28-13-16)32-21-7-6-17(18-5-4-10-27-14-18)12-19(21)25(20)15-31-23(26)29-25/h4-7,10-14H,15H2,1-3H3,(H2,26,29)/t25-/m1/s1. The van der Waals surface area contributed by atoms with Crippen LogP contribution < -0.4 is 10.5 Å². The molecule has 2 aliphatic rings. The first-order valence-corrected chi connectivity index (χ1v) is 10.2. The first-order valence-electron chi connectivity index (χ1n) is 10.2. The molecule has 0 amide bonds. The van der Waals surface area contributed by atoms with E-state index in [4.69, 9.17) is 24.9 Å². The van der Waals surface area contributed by atoms with Crippen LogP contribution in [0.4, 0.5) is 0 Å². The SMILES string of the molecule is COC(C)(C)C#Cc1cnc2c(c1)[C@@]1(COC(N)=N1)c1cc(-c3cccnc3)ccc1O2. The third kappa shape index (κ3) is 3.35. The molecule has 4 heterocycles. The highest BCUT2D eigenvalue weighted by atomic mass is 16.5. The summed E-state index contributed by atoms with van der Waals surface area (Å²) >= 11 is 0. The zero-order valence-corrected chi connectivity index (χ0v) is 18.0. The average molecular weight is 426 g/mol. The van der Waals surface area contributed by atoms with Gasteiger partial charge in [0, 0.05) is 42.4 Å². The van der Waals surface area contributed by atoms with Crippen LogP contribution in [0.2, 0.25) is 0 Å². The minimum atomic E-state index is -0.868. The fourth-order valence-corrected chi connectivity index (χ4v) is 3.78. The molecular weight excluding hydrogens is 404 g/mol. The molecule has 32 heavy (non-hydrogen) atoms. The first kappa shape index (κ1) is 20.0. The topological polar surface area (TPSA) is 91.9 Å². The van der Waals surface area contributed by atoms with E-state index in [2.05, 4.69) is 21.8 Å². The number of nitrogens with zero attached hydrogens (tertiary/aromatic N) is 3. The van der Waals surface area contributed by atoms with E-state index >= 15 is 0 Å². The maximum Gasteiger partial charge on any atom is 0.283 e. The van der Waals surface area contributed by atoms with Crippen LogP contribution in [-0.2, 0) is 15.0 Å². The van der Waals surface area contributed by atoms with Crippen LogP contribution in [0.1, 0.15) is 30.5 Å². The molecule has 0 unspecified atom stereocenters. The molecule has 3 aromatic rings. The van der Waals surface area contributed by atoms with Crippen molar-refractivity contribution in [2.24, 2.45) is 10.7 Å². The molecule has 0 radical (unpaired) electrons. The van der Waals surface area contributed by atoms with Gasteiger partial charge in [0.25, 0.3) is 6.02 Å². The van der Waals surface area contributed by atoms with Gasteiger partial charge >= 0.3 is 0 Å². The van der Waals surface area contributed by atoms with Crippen molar-refractivity contribution in [1.29, 1.82) is 0 Å². The van der Waals surface area contributed by atoms with E-state index < -0.39 is 11.1 Å².